The summed E-state index contributed by atoms with van der Waals surface area (Å²) in [5.41, 5.74) is 15.4. The number of hydrogen-bond donors (Lipinski definition) is 1. The van der Waals surface area contributed by atoms with Gasteiger partial charge in [-0.05, 0) is 112 Å². The molecular formula is C53H46N2. The second kappa shape index (κ2) is 13.5. The Hall–Kier alpha value is -6.38. The quantitative estimate of drug-likeness (QED) is 0.166. The number of rotatable bonds is 7. The van der Waals surface area contributed by atoms with Gasteiger partial charge in [0.05, 0.1) is 5.69 Å². The molecule has 268 valence electrons. The largest absolute Gasteiger partial charge is 0.355 e. The Morgan fingerprint density at radius 3 is 1.64 bits per heavy atom. The van der Waals surface area contributed by atoms with Crippen molar-refractivity contribution < 1.29 is 0 Å². The fourth-order valence-corrected chi connectivity index (χ4v) is 8.09. The standard InChI is InChI=1S/C53H46N2/c1-34-17-25-44(26-18-34)55(49-32-40(22-20-36(49)3)38-15-11-8-12-16-38)50-33-48(54-47-31-39(21-19-35(47)2)37-13-9-7-10-14-37)45-27-23-41-29-43(53(4,5)6)30-42-24-28-46(50)52(45)51(41)42/h7-33,54H,1-6H3. The minimum absolute atomic E-state index is 0.0349. The zero-order valence-electron chi connectivity index (χ0n) is 32.5. The molecule has 0 aliphatic rings. The van der Waals surface area contributed by atoms with Crippen LogP contribution in [-0.4, -0.2) is 0 Å². The molecule has 0 fully saturated rings. The number of aryl methyl sites for hydroxylation is 3. The van der Waals surface area contributed by atoms with Crippen LogP contribution >= 0.6 is 0 Å². The maximum atomic E-state index is 4.00. The van der Waals surface area contributed by atoms with Crippen molar-refractivity contribution in [3.05, 3.63) is 186 Å². The molecule has 9 rings (SSSR count). The summed E-state index contributed by atoms with van der Waals surface area (Å²) in [7, 11) is 0. The maximum absolute atomic E-state index is 4.00. The molecule has 0 unspecified atom stereocenters. The monoisotopic (exact) mass is 710 g/mol. The van der Waals surface area contributed by atoms with Crippen LogP contribution < -0.4 is 10.2 Å². The first-order chi connectivity index (χ1) is 26.6. The van der Waals surface area contributed by atoms with Gasteiger partial charge in [-0.2, -0.15) is 0 Å². The van der Waals surface area contributed by atoms with Crippen molar-refractivity contribution >= 4 is 60.8 Å². The van der Waals surface area contributed by atoms with Crippen molar-refractivity contribution in [2.24, 2.45) is 0 Å². The molecule has 0 amide bonds. The zero-order chi connectivity index (χ0) is 37.8. The van der Waals surface area contributed by atoms with E-state index in [-0.39, 0.29) is 5.41 Å². The predicted molar refractivity (Wildman–Crippen MR) is 238 cm³/mol. The molecule has 1 N–H and O–H groups in total. The summed E-state index contributed by atoms with van der Waals surface area (Å²) in [4.78, 5) is 2.48. The van der Waals surface area contributed by atoms with Crippen molar-refractivity contribution in [3.8, 4) is 22.3 Å². The van der Waals surface area contributed by atoms with Crippen LogP contribution in [-0.2, 0) is 5.41 Å². The highest BCUT2D eigenvalue weighted by Gasteiger charge is 2.24. The van der Waals surface area contributed by atoms with E-state index in [0.717, 1.165) is 28.4 Å². The Morgan fingerprint density at radius 2 is 1.02 bits per heavy atom. The average Bonchev–Trinajstić information content (AvgIpc) is 3.20. The molecule has 0 heterocycles. The minimum atomic E-state index is 0.0349. The molecule has 0 bridgehead atoms. The van der Waals surface area contributed by atoms with Gasteiger partial charge in [-0.1, -0.05) is 160 Å². The molecule has 0 radical (unpaired) electrons. The summed E-state index contributed by atoms with van der Waals surface area (Å²) in [6.07, 6.45) is 0. The molecule has 9 aromatic rings. The van der Waals surface area contributed by atoms with E-state index in [1.54, 1.807) is 0 Å². The molecular weight excluding hydrogens is 665 g/mol. The molecule has 2 nitrogen and oxygen atoms in total. The van der Waals surface area contributed by atoms with Gasteiger partial charge < -0.3 is 10.2 Å². The van der Waals surface area contributed by atoms with Gasteiger partial charge in [-0.15, -0.1) is 0 Å². The minimum Gasteiger partial charge on any atom is -0.355 e. The summed E-state index contributed by atoms with van der Waals surface area (Å²) in [5, 5.41) is 11.6. The molecule has 0 atom stereocenters. The van der Waals surface area contributed by atoms with Gasteiger partial charge in [0.1, 0.15) is 0 Å². The topological polar surface area (TPSA) is 15.3 Å². The number of hydrogen-bond acceptors (Lipinski definition) is 2. The smallest absolute Gasteiger partial charge is 0.0561 e. The molecule has 0 aliphatic heterocycles. The van der Waals surface area contributed by atoms with E-state index >= 15 is 0 Å². The van der Waals surface area contributed by atoms with Crippen LogP contribution in [0.5, 0.6) is 0 Å². The number of benzene rings is 9. The average molecular weight is 711 g/mol. The predicted octanol–water partition coefficient (Wildman–Crippen LogP) is 15.4. The first kappa shape index (κ1) is 34.4. The second-order valence-corrected chi connectivity index (χ2v) is 16.2. The molecule has 0 saturated carbocycles. The van der Waals surface area contributed by atoms with E-state index < -0.39 is 0 Å². The first-order valence-electron chi connectivity index (χ1n) is 19.3. The van der Waals surface area contributed by atoms with Crippen LogP contribution in [0.3, 0.4) is 0 Å². The van der Waals surface area contributed by atoms with Gasteiger partial charge in [-0.25, -0.2) is 0 Å². The number of nitrogens with zero attached hydrogens (tertiary/aromatic N) is 1. The van der Waals surface area contributed by atoms with Crippen molar-refractivity contribution in [2.45, 2.75) is 47.0 Å². The van der Waals surface area contributed by atoms with E-state index in [1.165, 1.54) is 76.8 Å². The van der Waals surface area contributed by atoms with Crippen molar-refractivity contribution in [1.82, 2.24) is 0 Å². The van der Waals surface area contributed by atoms with Crippen molar-refractivity contribution in [1.29, 1.82) is 0 Å². The lowest BCUT2D eigenvalue weighted by molar-refractivity contribution is 0.591. The summed E-state index contributed by atoms with van der Waals surface area (Å²) in [6.45, 7) is 13.5. The highest BCUT2D eigenvalue weighted by Crippen LogP contribution is 2.49. The van der Waals surface area contributed by atoms with E-state index in [0.29, 0.717) is 0 Å². The van der Waals surface area contributed by atoms with E-state index in [9.17, 15) is 0 Å². The van der Waals surface area contributed by atoms with Crippen LogP contribution in [0.2, 0.25) is 0 Å². The third-order valence-corrected chi connectivity index (χ3v) is 11.3. The van der Waals surface area contributed by atoms with Gasteiger partial charge in [0.15, 0.2) is 0 Å². The Bertz CT molecular complexity index is 2810. The van der Waals surface area contributed by atoms with Gasteiger partial charge in [-0.3, -0.25) is 0 Å². The van der Waals surface area contributed by atoms with Gasteiger partial charge >= 0.3 is 0 Å². The highest BCUT2D eigenvalue weighted by molar-refractivity contribution is 6.28. The van der Waals surface area contributed by atoms with Crippen molar-refractivity contribution in [3.63, 3.8) is 0 Å². The van der Waals surface area contributed by atoms with Crippen LogP contribution in [0.25, 0.3) is 54.6 Å². The lowest BCUT2D eigenvalue weighted by atomic mass is 9.83. The van der Waals surface area contributed by atoms with Gasteiger partial charge in [0, 0.05) is 38.9 Å². The van der Waals surface area contributed by atoms with E-state index in [4.69, 9.17) is 0 Å². The Labute approximate surface area is 325 Å². The normalized spacial score (nSPS) is 11.8. The van der Waals surface area contributed by atoms with Crippen LogP contribution in [0.15, 0.2) is 164 Å². The third kappa shape index (κ3) is 6.28. The lowest BCUT2D eigenvalue weighted by Gasteiger charge is -2.31. The highest BCUT2D eigenvalue weighted by atomic mass is 15.1. The Balaban J connectivity index is 1.35. The fraction of sp³-hybridized carbons (Fsp3) is 0.132. The van der Waals surface area contributed by atoms with Gasteiger partial charge in [0.2, 0.25) is 0 Å². The summed E-state index contributed by atoms with van der Waals surface area (Å²) in [6, 6.07) is 60.5. The molecule has 0 aliphatic carbocycles. The van der Waals surface area contributed by atoms with Gasteiger partial charge in [0.25, 0.3) is 0 Å². The summed E-state index contributed by atoms with van der Waals surface area (Å²) in [5.74, 6) is 0. The third-order valence-electron chi connectivity index (χ3n) is 11.3. The van der Waals surface area contributed by atoms with Crippen LogP contribution in [0, 0.1) is 20.8 Å². The molecule has 9 aromatic carbocycles. The van der Waals surface area contributed by atoms with Crippen LogP contribution in [0.4, 0.5) is 28.4 Å². The molecule has 2 heteroatoms. The Kier molecular flexibility index (Phi) is 8.43. The molecule has 55 heavy (non-hydrogen) atoms. The first-order valence-corrected chi connectivity index (χ1v) is 19.3. The lowest BCUT2D eigenvalue weighted by Crippen LogP contribution is -2.13. The summed E-state index contributed by atoms with van der Waals surface area (Å²) < 4.78 is 0. The molecule has 0 spiro atoms. The second-order valence-electron chi connectivity index (χ2n) is 16.2. The Morgan fingerprint density at radius 1 is 0.436 bits per heavy atom. The fourth-order valence-electron chi connectivity index (χ4n) is 8.09. The van der Waals surface area contributed by atoms with Crippen LogP contribution in [0.1, 0.15) is 43.0 Å². The number of anilines is 5. The van der Waals surface area contributed by atoms with E-state index in [1.807, 2.05) is 0 Å². The molecule has 0 aromatic heterocycles. The molecule has 0 saturated heterocycles. The number of nitrogens with one attached hydrogen (secondary N) is 1. The summed E-state index contributed by atoms with van der Waals surface area (Å²) >= 11 is 0. The van der Waals surface area contributed by atoms with E-state index in [2.05, 4.69) is 216 Å². The van der Waals surface area contributed by atoms with Crippen molar-refractivity contribution in [2.75, 3.05) is 10.2 Å². The maximum Gasteiger partial charge on any atom is 0.0561 e. The zero-order valence-corrected chi connectivity index (χ0v) is 32.5. The SMILES string of the molecule is Cc1ccc(N(c2cc(-c3ccccc3)ccc2C)c2cc(Nc3cc(-c4ccccc4)ccc3C)c3ccc4cc(C(C)(C)C)cc5ccc2c3c45)cc1.